The normalized spacial score (nSPS) is 11.5. The zero-order chi connectivity index (χ0) is 22.0. The molecule has 7 nitrogen and oxygen atoms in total. The molecule has 2 aromatic carbocycles. The van der Waals surface area contributed by atoms with Crippen molar-refractivity contribution >= 4 is 17.5 Å². The molecule has 158 valence electrons. The fraction of sp³-hybridized carbons (Fsp3) is 0.217. The Morgan fingerprint density at radius 1 is 1.13 bits per heavy atom. The number of hydrogen-bond donors (Lipinski definition) is 1. The van der Waals surface area contributed by atoms with Gasteiger partial charge in [-0.25, -0.2) is 4.68 Å². The molecule has 0 radical (unpaired) electrons. The van der Waals surface area contributed by atoms with E-state index in [1.54, 1.807) is 11.6 Å². The number of halogens is 1. The maximum atomic E-state index is 12.9. The van der Waals surface area contributed by atoms with Crippen molar-refractivity contribution in [1.29, 1.82) is 0 Å². The summed E-state index contributed by atoms with van der Waals surface area (Å²) in [5.74, 6) is 0.706. The fourth-order valence-corrected chi connectivity index (χ4v) is 3.40. The summed E-state index contributed by atoms with van der Waals surface area (Å²) in [5.41, 5.74) is 2.54. The molecule has 0 spiro atoms. The average Bonchev–Trinajstić information content (AvgIpc) is 3.36. The summed E-state index contributed by atoms with van der Waals surface area (Å²) in [6, 6.07) is 17.2. The number of hydrogen-bond acceptors (Lipinski definition) is 5. The van der Waals surface area contributed by atoms with Gasteiger partial charge in [0, 0.05) is 29.3 Å². The van der Waals surface area contributed by atoms with Crippen molar-refractivity contribution in [3.8, 4) is 16.9 Å². The SMILES string of the molecule is Cc1nc(C(C)(C)NC(=O)Cc2cn(-c3ccccc3)nc2-c2ccc(Cl)cc2)no1. The van der Waals surface area contributed by atoms with Crippen molar-refractivity contribution in [2.24, 2.45) is 0 Å². The summed E-state index contributed by atoms with van der Waals surface area (Å²) in [5, 5.41) is 12.3. The van der Waals surface area contributed by atoms with Crippen LogP contribution < -0.4 is 5.32 Å². The molecule has 4 aromatic rings. The van der Waals surface area contributed by atoms with E-state index in [-0.39, 0.29) is 12.3 Å². The van der Waals surface area contributed by atoms with E-state index < -0.39 is 5.54 Å². The Morgan fingerprint density at radius 3 is 2.48 bits per heavy atom. The van der Waals surface area contributed by atoms with E-state index in [1.807, 2.05) is 74.6 Å². The molecule has 8 heteroatoms. The van der Waals surface area contributed by atoms with Crippen LogP contribution in [0.3, 0.4) is 0 Å². The van der Waals surface area contributed by atoms with Crippen LogP contribution in [0.4, 0.5) is 0 Å². The Kier molecular flexibility index (Phi) is 5.61. The molecule has 0 aliphatic carbocycles. The largest absolute Gasteiger partial charge is 0.344 e. The molecule has 0 aliphatic rings. The maximum absolute atomic E-state index is 12.9. The number of rotatable bonds is 6. The molecule has 1 amide bonds. The van der Waals surface area contributed by atoms with E-state index in [9.17, 15) is 4.79 Å². The minimum Gasteiger partial charge on any atom is -0.344 e. The molecule has 0 unspecified atom stereocenters. The minimum absolute atomic E-state index is 0.144. The molecule has 0 bridgehead atoms. The molecule has 0 atom stereocenters. The van der Waals surface area contributed by atoms with Gasteiger partial charge in [0.25, 0.3) is 0 Å². The van der Waals surface area contributed by atoms with E-state index in [2.05, 4.69) is 15.5 Å². The zero-order valence-corrected chi connectivity index (χ0v) is 18.2. The number of nitrogens with one attached hydrogen (secondary N) is 1. The van der Waals surface area contributed by atoms with E-state index in [0.29, 0.717) is 16.7 Å². The van der Waals surface area contributed by atoms with E-state index >= 15 is 0 Å². The van der Waals surface area contributed by atoms with E-state index in [0.717, 1.165) is 22.5 Å². The molecule has 0 saturated carbocycles. The number of aryl methyl sites for hydroxylation is 1. The molecule has 2 aromatic heterocycles. The van der Waals surface area contributed by atoms with Gasteiger partial charge < -0.3 is 9.84 Å². The number of aromatic nitrogens is 4. The highest BCUT2D eigenvalue weighted by atomic mass is 35.5. The number of nitrogens with zero attached hydrogens (tertiary/aromatic N) is 4. The summed E-state index contributed by atoms with van der Waals surface area (Å²) < 4.78 is 6.83. The number of carbonyl (C=O) groups excluding carboxylic acids is 1. The Hall–Kier alpha value is -3.45. The highest BCUT2D eigenvalue weighted by Gasteiger charge is 2.29. The van der Waals surface area contributed by atoms with Gasteiger partial charge in [0.05, 0.1) is 23.3 Å². The van der Waals surface area contributed by atoms with Gasteiger partial charge in [0.2, 0.25) is 11.8 Å². The van der Waals surface area contributed by atoms with Gasteiger partial charge in [-0.15, -0.1) is 0 Å². The minimum atomic E-state index is -0.773. The second-order valence-corrected chi connectivity index (χ2v) is 8.21. The summed E-state index contributed by atoms with van der Waals surface area (Å²) in [6.45, 7) is 5.39. The maximum Gasteiger partial charge on any atom is 0.225 e. The summed E-state index contributed by atoms with van der Waals surface area (Å²) in [7, 11) is 0. The molecule has 1 N–H and O–H groups in total. The van der Waals surface area contributed by atoms with E-state index in [4.69, 9.17) is 21.2 Å². The number of benzene rings is 2. The summed E-state index contributed by atoms with van der Waals surface area (Å²) >= 11 is 6.05. The Balaban J connectivity index is 1.64. The highest BCUT2D eigenvalue weighted by molar-refractivity contribution is 6.30. The van der Waals surface area contributed by atoms with Crippen molar-refractivity contribution in [1.82, 2.24) is 25.2 Å². The molecular weight excluding hydrogens is 414 g/mol. The monoisotopic (exact) mass is 435 g/mol. The van der Waals surface area contributed by atoms with Crippen molar-refractivity contribution in [2.75, 3.05) is 0 Å². The fourth-order valence-electron chi connectivity index (χ4n) is 3.28. The summed E-state index contributed by atoms with van der Waals surface area (Å²) in [6.07, 6.45) is 2.02. The molecule has 2 heterocycles. The third-order valence-electron chi connectivity index (χ3n) is 4.82. The number of carbonyl (C=O) groups is 1. The van der Waals surface area contributed by atoms with Gasteiger partial charge in [-0.1, -0.05) is 47.1 Å². The first-order chi connectivity index (χ1) is 14.8. The first-order valence-electron chi connectivity index (χ1n) is 9.83. The smallest absolute Gasteiger partial charge is 0.225 e. The molecule has 0 saturated heterocycles. The molecule has 31 heavy (non-hydrogen) atoms. The van der Waals surface area contributed by atoms with E-state index in [1.165, 1.54) is 0 Å². The lowest BCUT2D eigenvalue weighted by Crippen LogP contribution is -2.42. The van der Waals surface area contributed by atoms with Crippen molar-refractivity contribution in [3.63, 3.8) is 0 Å². The lowest BCUT2D eigenvalue weighted by Gasteiger charge is -2.22. The van der Waals surface area contributed by atoms with Crippen LogP contribution in [-0.4, -0.2) is 25.8 Å². The van der Waals surface area contributed by atoms with Crippen LogP contribution in [0.25, 0.3) is 16.9 Å². The van der Waals surface area contributed by atoms with Crippen LogP contribution in [0.15, 0.2) is 65.3 Å². The van der Waals surface area contributed by atoms with Crippen LogP contribution in [0.1, 0.15) is 31.1 Å². The van der Waals surface area contributed by atoms with Crippen LogP contribution in [0.5, 0.6) is 0 Å². The predicted octanol–water partition coefficient (Wildman–Crippen LogP) is 4.48. The molecule has 0 aliphatic heterocycles. The third-order valence-corrected chi connectivity index (χ3v) is 5.07. The zero-order valence-electron chi connectivity index (χ0n) is 17.5. The van der Waals surface area contributed by atoms with Crippen molar-refractivity contribution in [2.45, 2.75) is 32.7 Å². The van der Waals surface area contributed by atoms with Gasteiger partial charge in [-0.3, -0.25) is 4.79 Å². The lowest BCUT2D eigenvalue weighted by atomic mass is 10.0. The van der Waals surface area contributed by atoms with Crippen LogP contribution in [0.2, 0.25) is 5.02 Å². The summed E-state index contributed by atoms with van der Waals surface area (Å²) in [4.78, 5) is 17.2. The molecular formula is C23H22ClN5O2. The quantitative estimate of drug-likeness (QED) is 0.482. The Bertz CT molecular complexity index is 1200. The topological polar surface area (TPSA) is 85.8 Å². The average molecular weight is 436 g/mol. The first-order valence-corrected chi connectivity index (χ1v) is 10.2. The van der Waals surface area contributed by atoms with Gasteiger partial charge in [0.15, 0.2) is 5.82 Å². The van der Waals surface area contributed by atoms with Crippen molar-refractivity contribution in [3.05, 3.63) is 83.1 Å². The Labute approximate surface area is 185 Å². The second-order valence-electron chi connectivity index (χ2n) is 7.78. The van der Waals surface area contributed by atoms with Gasteiger partial charge >= 0.3 is 0 Å². The van der Waals surface area contributed by atoms with Gasteiger partial charge in [-0.05, 0) is 38.1 Å². The Morgan fingerprint density at radius 2 is 1.84 bits per heavy atom. The van der Waals surface area contributed by atoms with Crippen LogP contribution in [-0.2, 0) is 16.8 Å². The first kappa shape index (κ1) is 20.8. The lowest BCUT2D eigenvalue weighted by molar-refractivity contribution is -0.122. The standard InChI is InChI=1S/C23H22ClN5O2/c1-15-25-22(28-31-15)23(2,3)26-20(30)13-17-14-29(19-7-5-4-6-8-19)27-21(17)16-9-11-18(24)12-10-16/h4-12,14H,13H2,1-3H3,(H,26,30). The third kappa shape index (κ3) is 4.67. The number of amides is 1. The molecule has 0 fully saturated rings. The van der Waals surface area contributed by atoms with Gasteiger partial charge in [0.1, 0.15) is 0 Å². The predicted molar refractivity (Wildman–Crippen MR) is 118 cm³/mol. The van der Waals surface area contributed by atoms with Crippen LogP contribution in [0, 0.1) is 6.92 Å². The highest BCUT2D eigenvalue weighted by Crippen LogP contribution is 2.26. The second kappa shape index (κ2) is 8.35. The van der Waals surface area contributed by atoms with Gasteiger partial charge in [-0.2, -0.15) is 10.1 Å². The molecule has 4 rings (SSSR count). The van der Waals surface area contributed by atoms with Crippen LogP contribution >= 0.6 is 11.6 Å². The van der Waals surface area contributed by atoms with Crippen molar-refractivity contribution < 1.29 is 9.32 Å². The number of para-hydroxylation sites is 1.